The van der Waals surface area contributed by atoms with Gasteiger partial charge in [0, 0.05) is 12.0 Å². The predicted molar refractivity (Wildman–Crippen MR) is 53.7 cm³/mol. The lowest BCUT2D eigenvalue weighted by Gasteiger charge is -2.36. The number of rotatable bonds is 0. The molecular weight excluding hydrogens is 195 g/mol. The van der Waals surface area contributed by atoms with Gasteiger partial charge in [-0.3, -0.25) is 4.68 Å². The normalized spacial score (nSPS) is 28.3. The molecule has 5 heteroatoms. The zero-order chi connectivity index (χ0) is 10.5. The van der Waals surface area contributed by atoms with Crippen molar-refractivity contribution in [2.45, 2.75) is 25.4 Å². The molecule has 2 aliphatic heterocycles. The van der Waals surface area contributed by atoms with Gasteiger partial charge in [-0.2, -0.15) is 5.10 Å². The second kappa shape index (κ2) is 3.02. The van der Waals surface area contributed by atoms with Gasteiger partial charge in [0.2, 0.25) is 0 Å². The van der Waals surface area contributed by atoms with E-state index in [-0.39, 0.29) is 17.3 Å². The first-order valence-electron chi connectivity index (χ1n) is 5.40. The van der Waals surface area contributed by atoms with Crippen LogP contribution in [0.4, 0.5) is 4.39 Å². The van der Waals surface area contributed by atoms with Crippen molar-refractivity contribution in [1.82, 2.24) is 15.1 Å². The molecule has 3 rings (SSSR count). The number of aromatic nitrogens is 2. The molecule has 1 aromatic rings. The molecule has 0 radical (unpaired) electrons. The largest absolute Gasteiger partial charge is 0.322 e. The molecule has 0 amide bonds. The van der Waals surface area contributed by atoms with E-state index in [0.29, 0.717) is 5.69 Å². The summed E-state index contributed by atoms with van der Waals surface area (Å²) in [5.74, 6) is -0.252. The lowest BCUT2D eigenvalue weighted by atomic mass is 9.74. The maximum atomic E-state index is 13.5. The standard InChI is InChI=1S/C10H15FN4/c11-7-5-14-15-6-10(9(12)8(7)15)1-3-13-4-2-10/h5,9,13H,1-4,6,12H2. The van der Waals surface area contributed by atoms with E-state index in [1.807, 2.05) is 0 Å². The number of halogens is 1. The Bertz CT molecular complexity index is 381. The maximum absolute atomic E-state index is 13.5. The lowest BCUT2D eigenvalue weighted by Crippen LogP contribution is -2.42. The van der Waals surface area contributed by atoms with E-state index in [1.54, 1.807) is 4.68 Å². The minimum Gasteiger partial charge on any atom is -0.322 e. The third kappa shape index (κ3) is 1.16. The van der Waals surface area contributed by atoms with Crippen LogP contribution in [-0.4, -0.2) is 22.9 Å². The lowest BCUT2D eigenvalue weighted by molar-refractivity contribution is 0.157. The summed E-state index contributed by atoms with van der Waals surface area (Å²) in [7, 11) is 0. The fourth-order valence-electron chi connectivity index (χ4n) is 2.89. The van der Waals surface area contributed by atoms with Crippen LogP contribution in [0.15, 0.2) is 6.20 Å². The Labute approximate surface area is 87.6 Å². The summed E-state index contributed by atoms with van der Waals surface area (Å²) in [5, 5.41) is 7.35. The molecule has 1 saturated heterocycles. The Morgan fingerprint density at radius 1 is 1.53 bits per heavy atom. The number of nitrogens with zero attached hydrogens (tertiary/aromatic N) is 2. The second-order valence-electron chi connectivity index (χ2n) is 4.63. The van der Waals surface area contributed by atoms with Crippen molar-refractivity contribution in [2.24, 2.45) is 11.1 Å². The number of piperidine rings is 1. The zero-order valence-corrected chi connectivity index (χ0v) is 8.54. The number of nitrogens with one attached hydrogen (secondary N) is 1. The average Bonchev–Trinajstić information content (AvgIpc) is 2.71. The summed E-state index contributed by atoms with van der Waals surface area (Å²) in [6, 6.07) is -0.193. The fourth-order valence-corrected chi connectivity index (χ4v) is 2.89. The molecule has 1 atom stereocenters. The summed E-state index contributed by atoms with van der Waals surface area (Å²) >= 11 is 0. The first kappa shape index (κ1) is 9.30. The molecule has 1 fully saturated rings. The SMILES string of the molecule is NC1c2c(F)cnn2CC12CCNCC2. The molecule has 0 bridgehead atoms. The predicted octanol–water partition coefficient (Wildman–Crippen LogP) is 0.405. The topological polar surface area (TPSA) is 55.9 Å². The van der Waals surface area contributed by atoms with Gasteiger partial charge in [0.25, 0.3) is 0 Å². The Morgan fingerprint density at radius 3 is 2.93 bits per heavy atom. The van der Waals surface area contributed by atoms with Gasteiger partial charge in [-0.15, -0.1) is 0 Å². The van der Waals surface area contributed by atoms with Crippen molar-refractivity contribution in [3.8, 4) is 0 Å². The molecular formula is C10H15FN4. The Balaban J connectivity index is 1.98. The van der Waals surface area contributed by atoms with Gasteiger partial charge in [-0.25, -0.2) is 4.39 Å². The molecule has 3 N–H and O–H groups in total. The molecule has 0 aromatic carbocycles. The van der Waals surface area contributed by atoms with E-state index in [1.165, 1.54) is 6.20 Å². The van der Waals surface area contributed by atoms with Crippen molar-refractivity contribution in [1.29, 1.82) is 0 Å². The highest BCUT2D eigenvalue weighted by Crippen LogP contribution is 2.46. The highest BCUT2D eigenvalue weighted by molar-refractivity contribution is 5.19. The molecule has 3 heterocycles. The van der Waals surface area contributed by atoms with Crippen LogP contribution in [0.1, 0.15) is 24.6 Å². The molecule has 4 nitrogen and oxygen atoms in total. The van der Waals surface area contributed by atoms with E-state index < -0.39 is 0 Å². The van der Waals surface area contributed by atoms with Crippen LogP contribution in [0.25, 0.3) is 0 Å². The number of hydrogen-bond donors (Lipinski definition) is 2. The molecule has 82 valence electrons. The highest BCUT2D eigenvalue weighted by Gasteiger charge is 2.47. The second-order valence-corrected chi connectivity index (χ2v) is 4.63. The number of nitrogens with two attached hydrogens (primary N) is 1. The van der Waals surface area contributed by atoms with Crippen molar-refractivity contribution >= 4 is 0 Å². The smallest absolute Gasteiger partial charge is 0.165 e. The van der Waals surface area contributed by atoms with E-state index in [9.17, 15) is 4.39 Å². The van der Waals surface area contributed by atoms with Gasteiger partial charge >= 0.3 is 0 Å². The third-order valence-electron chi connectivity index (χ3n) is 3.85. The van der Waals surface area contributed by atoms with Gasteiger partial charge in [-0.05, 0) is 25.9 Å². The van der Waals surface area contributed by atoms with E-state index in [4.69, 9.17) is 5.73 Å². The molecule has 1 aromatic heterocycles. The summed E-state index contributed by atoms with van der Waals surface area (Å²) < 4.78 is 15.2. The first-order valence-corrected chi connectivity index (χ1v) is 5.40. The van der Waals surface area contributed by atoms with Crippen molar-refractivity contribution in [3.63, 3.8) is 0 Å². The van der Waals surface area contributed by atoms with Crippen molar-refractivity contribution < 1.29 is 4.39 Å². The van der Waals surface area contributed by atoms with Gasteiger partial charge in [0.05, 0.1) is 17.9 Å². The van der Waals surface area contributed by atoms with Crippen LogP contribution in [0.5, 0.6) is 0 Å². The Kier molecular flexibility index (Phi) is 1.87. The maximum Gasteiger partial charge on any atom is 0.165 e. The number of hydrogen-bond acceptors (Lipinski definition) is 3. The fraction of sp³-hybridized carbons (Fsp3) is 0.700. The van der Waals surface area contributed by atoms with E-state index >= 15 is 0 Å². The van der Waals surface area contributed by atoms with Gasteiger partial charge in [-0.1, -0.05) is 0 Å². The van der Waals surface area contributed by atoms with Crippen LogP contribution >= 0.6 is 0 Å². The quantitative estimate of drug-likeness (QED) is 0.652. The van der Waals surface area contributed by atoms with Crippen molar-refractivity contribution in [3.05, 3.63) is 17.7 Å². The first-order chi connectivity index (χ1) is 7.23. The van der Waals surface area contributed by atoms with Crippen LogP contribution < -0.4 is 11.1 Å². The Hall–Kier alpha value is -0.940. The van der Waals surface area contributed by atoms with Crippen LogP contribution in [-0.2, 0) is 6.54 Å². The highest BCUT2D eigenvalue weighted by atomic mass is 19.1. The molecule has 1 spiro atoms. The van der Waals surface area contributed by atoms with E-state index in [2.05, 4.69) is 10.4 Å². The third-order valence-corrected chi connectivity index (χ3v) is 3.85. The number of fused-ring (bicyclic) bond motifs is 1. The average molecular weight is 210 g/mol. The summed E-state index contributed by atoms with van der Waals surface area (Å²) in [6.07, 6.45) is 3.29. The van der Waals surface area contributed by atoms with Crippen LogP contribution in [0.3, 0.4) is 0 Å². The van der Waals surface area contributed by atoms with E-state index in [0.717, 1.165) is 32.5 Å². The summed E-state index contributed by atoms with van der Waals surface area (Å²) in [5.41, 5.74) is 6.80. The molecule has 1 unspecified atom stereocenters. The monoisotopic (exact) mass is 210 g/mol. The Morgan fingerprint density at radius 2 is 2.27 bits per heavy atom. The van der Waals surface area contributed by atoms with Gasteiger partial charge in [0.15, 0.2) is 5.82 Å². The molecule has 0 aliphatic carbocycles. The minimum atomic E-state index is -0.252. The van der Waals surface area contributed by atoms with Crippen LogP contribution in [0.2, 0.25) is 0 Å². The minimum absolute atomic E-state index is 0.0374. The van der Waals surface area contributed by atoms with Crippen LogP contribution in [0, 0.1) is 11.2 Å². The summed E-state index contributed by atoms with van der Waals surface area (Å²) in [4.78, 5) is 0. The van der Waals surface area contributed by atoms with Gasteiger partial charge < -0.3 is 11.1 Å². The molecule has 15 heavy (non-hydrogen) atoms. The van der Waals surface area contributed by atoms with Gasteiger partial charge in [0.1, 0.15) is 0 Å². The molecule has 2 aliphatic rings. The van der Waals surface area contributed by atoms with Crippen molar-refractivity contribution in [2.75, 3.05) is 13.1 Å². The molecule has 0 saturated carbocycles. The summed E-state index contributed by atoms with van der Waals surface area (Å²) in [6.45, 7) is 2.72. The zero-order valence-electron chi connectivity index (χ0n) is 8.54.